The van der Waals surface area contributed by atoms with Gasteiger partial charge in [-0.05, 0) is 19.1 Å². The van der Waals surface area contributed by atoms with Crippen LogP contribution in [0.3, 0.4) is 0 Å². The average molecular weight is 320 g/mol. The van der Waals surface area contributed by atoms with Gasteiger partial charge in [0.15, 0.2) is 0 Å². The van der Waals surface area contributed by atoms with E-state index in [0.717, 1.165) is 10.6 Å². The molecule has 3 N–H and O–H groups in total. The predicted octanol–water partition coefficient (Wildman–Crippen LogP) is 1.98. The van der Waals surface area contributed by atoms with Crippen LogP contribution in [0, 0.1) is 6.92 Å². The number of aliphatic imine (C=N–C) groups is 1. The fourth-order valence-corrected chi connectivity index (χ4v) is 3.08. The van der Waals surface area contributed by atoms with Gasteiger partial charge in [-0.1, -0.05) is 17.7 Å². The molecule has 0 unspecified atom stereocenters. The fourth-order valence-electron chi connectivity index (χ4n) is 1.17. The van der Waals surface area contributed by atoms with E-state index in [0.29, 0.717) is 17.3 Å². The van der Waals surface area contributed by atoms with E-state index in [1.54, 1.807) is 11.8 Å². The van der Waals surface area contributed by atoms with Crippen molar-refractivity contribution in [2.75, 3.05) is 18.1 Å². The van der Waals surface area contributed by atoms with Crippen molar-refractivity contribution in [1.82, 2.24) is 0 Å². The zero-order valence-corrected chi connectivity index (χ0v) is 12.9. The number of thioether (sulfide) groups is 1. The van der Waals surface area contributed by atoms with Crippen LogP contribution >= 0.6 is 22.6 Å². The molecule has 0 amide bonds. The van der Waals surface area contributed by atoms with Crippen molar-refractivity contribution in [3.05, 3.63) is 29.8 Å². The number of hydrogen-bond donors (Lipinski definition) is 2. The Kier molecular flexibility index (Phi) is 6.70. The van der Waals surface area contributed by atoms with Gasteiger partial charge in [-0.15, -0.1) is 11.8 Å². The molecule has 0 saturated heterocycles. The largest absolute Gasteiger partial charge is 0.387 e. The van der Waals surface area contributed by atoms with Gasteiger partial charge >= 0.3 is 9.15 Å². The maximum Gasteiger partial charge on any atom is 0.320 e. The monoisotopic (exact) mass is 320 g/mol. The Bertz CT molecular complexity index is 527. The highest BCUT2D eigenvalue weighted by Crippen LogP contribution is 2.17. The highest BCUT2D eigenvalue weighted by molar-refractivity contribution is 8.70. The van der Waals surface area contributed by atoms with Gasteiger partial charge in [-0.25, -0.2) is 0 Å². The zero-order valence-electron chi connectivity index (χ0n) is 10.4. The first-order chi connectivity index (χ1) is 8.87. The third-order valence-electron chi connectivity index (χ3n) is 2.05. The number of aryl methyl sites for hydroxylation is 1. The Balaban J connectivity index is 2.27. The number of nitrogens with two attached hydrogens (primary N) is 1. The van der Waals surface area contributed by atoms with E-state index in [1.165, 1.54) is 5.56 Å². The zero-order chi connectivity index (χ0) is 14.3. The van der Waals surface area contributed by atoms with Crippen LogP contribution < -0.4 is 5.73 Å². The second-order valence-corrected chi connectivity index (χ2v) is 8.24. The average Bonchev–Trinajstić information content (AvgIpc) is 2.33. The van der Waals surface area contributed by atoms with E-state index in [9.17, 15) is 8.42 Å². The van der Waals surface area contributed by atoms with Gasteiger partial charge in [-0.2, -0.15) is 8.42 Å². The molecular weight excluding hydrogens is 304 g/mol. The minimum absolute atomic E-state index is 0.0198. The molecule has 0 spiro atoms. The Morgan fingerprint density at radius 2 is 2.00 bits per heavy atom. The van der Waals surface area contributed by atoms with Gasteiger partial charge in [0.1, 0.15) is 5.84 Å². The van der Waals surface area contributed by atoms with E-state index in [2.05, 4.69) is 4.99 Å². The third-order valence-corrected chi connectivity index (χ3v) is 5.00. The summed E-state index contributed by atoms with van der Waals surface area (Å²) >= 11 is 1.66. The Morgan fingerprint density at radius 1 is 1.37 bits per heavy atom. The van der Waals surface area contributed by atoms with Crippen LogP contribution in [0.2, 0.25) is 0 Å². The first-order valence-corrected chi connectivity index (χ1v) is 9.40. The number of benzene rings is 1. The smallest absolute Gasteiger partial charge is 0.320 e. The molecule has 0 bridgehead atoms. The van der Waals surface area contributed by atoms with Crippen molar-refractivity contribution < 1.29 is 13.0 Å². The molecule has 0 heterocycles. The van der Waals surface area contributed by atoms with E-state index < -0.39 is 9.15 Å². The Morgan fingerprint density at radius 3 is 2.58 bits per heavy atom. The molecule has 0 radical (unpaired) electrons. The van der Waals surface area contributed by atoms with Crippen LogP contribution in [0.5, 0.6) is 0 Å². The molecule has 0 fully saturated rings. The quantitative estimate of drug-likeness (QED) is 0.199. The molecule has 0 aliphatic rings. The van der Waals surface area contributed by atoms with Gasteiger partial charge in [0.05, 0.1) is 12.3 Å². The molecule has 1 aromatic rings. The van der Waals surface area contributed by atoms with Gasteiger partial charge in [0.2, 0.25) is 0 Å². The molecule has 0 aliphatic heterocycles. The number of nitrogens with zero attached hydrogens (tertiary/aromatic N) is 1. The summed E-state index contributed by atoms with van der Waals surface area (Å²) in [7, 11) is -3.68. The van der Waals surface area contributed by atoms with E-state index in [1.807, 2.05) is 31.2 Å². The number of hydrogen-bond acceptors (Lipinski definition) is 5. The fraction of sp³-hybridized carbons (Fsp3) is 0.364. The normalized spacial score (nSPS) is 12.6. The predicted molar refractivity (Wildman–Crippen MR) is 82.4 cm³/mol. The Labute approximate surface area is 121 Å². The highest BCUT2D eigenvalue weighted by atomic mass is 33.1. The molecule has 1 aromatic carbocycles. The lowest BCUT2D eigenvalue weighted by Crippen LogP contribution is -2.16. The first-order valence-electron chi connectivity index (χ1n) is 5.47. The van der Waals surface area contributed by atoms with Crippen molar-refractivity contribution in [2.45, 2.75) is 11.8 Å². The van der Waals surface area contributed by atoms with Crippen LogP contribution in [0.1, 0.15) is 5.56 Å². The second-order valence-electron chi connectivity index (χ2n) is 3.72. The Hall–Kier alpha value is -0.700. The van der Waals surface area contributed by atoms with Crippen molar-refractivity contribution in [3.8, 4) is 0 Å². The molecule has 8 heteroatoms. The van der Waals surface area contributed by atoms with Crippen LogP contribution in [0.4, 0.5) is 0 Å². The molecular formula is C11H16N2O3S3. The van der Waals surface area contributed by atoms with Crippen LogP contribution in [-0.4, -0.2) is 36.9 Å². The van der Waals surface area contributed by atoms with E-state index in [-0.39, 0.29) is 11.6 Å². The molecule has 1 rings (SSSR count). The third kappa shape index (κ3) is 8.14. The van der Waals surface area contributed by atoms with Crippen molar-refractivity contribution in [1.29, 1.82) is 0 Å². The molecule has 0 aromatic heterocycles. The maximum atomic E-state index is 10.5. The van der Waals surface area contributed by atoms with Crippen molar-refractivity contribution >= 4 is 37.5 Å². The molecule has 106 valence electrons. The van der Waals surface area contributed by atoms with Gasteiger partial charge < -0.3 is 5.73 Å². The van der Waals surface area contributed by atoms with Crippen molar-refractivity contribution in [2.24, 2.45) is 10.7 Å². The molecule has 19 heavy (non-hydrogen) atoms. The van der Waals surface area contributed by atoms with E-state index >= 15 is 0 Å². The van der Waals surface area contributed by atoms with Crippen LogP contribution in [0.15, 0.2) is 34.2 Å². The molecule has 0 saturated carbocycles. The summed E-state index contributed by atoms with van der Waals surface area (Å²) in [5, 5.41) is 0. The maximum absolute atomic E-state index is 10.5. The first kappa shape index (κ1) is 16.4. The van der Waals surface area contributed by atoms with Gasteiger partial charge in [-0.3, -0.25) is 9.55 Å². The molecule has 0 atom stereocenters. The van der Waals surface area contributed by atoms with Crippen LogP contribution in [-0.2, 0) is 9.15 Å². The summed E-state index contributed by atoms with van der Waals surface area (Å²) in [6.07, 6.45) is 0. The highest BCUT2D eigenvalue weighted by Gasteiger charge is 2.06. The summed E-state index contributed by atoms with van der Waals surface area (Å²) in [5.74, 6) is 0.959. The minimum Gasteiger partial charge on any atom is -0.387 e. The van der Waals surface area contributed by atoms with E-state index in [4.69, 9.17) is 10.3 Å². The molecule has 0 aliphatic carbocycles. The standard InChI is InChI=1S/C11H16N2O3S3/c1-9-2-4-10(5-3-9)17-7-6-13-11(12)8-18-19(14,15)16/h2-5H,6-8H2,1H3,(H2,12,13)(H,14,15,16). The minimum atomic E-state index is -4.05. The lowest BCUT2D eigenvalue weighted by atomic mass is 10.2. The van der Waals surface area contributed by atoms with Crippen molar-refractivity contribution in [3.63, 3.8) is 0 Å². The lowest BCUT2D eigenvalue weighted by molar-refractivity contribution is 0.503. The number of rotatable bonds is 7. The van der Waals surface area contributed by atoms with Gasteiger partial charge in [0.25, 0.3) is 0 Å². The summed E-state index contributed by atoms with van der Waals surface area (Å²) in [6, 6.07) is 8.17. The van der Waals surface area contributed by atoms with Crippen LogP contribution in [0.25, 0.3) is 0 Å². The summed E-state index contributed by atoms with van der Waals surface area (Å²) in [4.78, 5) is 5.20. The summed E-state index contributed by atoms with van der Waals surface area (Å²) < 4.78 is 29.5. The summed E-state index contributed by atoms with van der Waals surface area (Å²) in [6.45, 7) is 2.54. The second kappa shape index (κ2) is 7.78. The summed E-state index contributed by atoms with van der Waals surface area (Å²) in [5.41, 5.74) is 6.74. The topological polar surface area (TPSA) is 92.8 Å². The van der Waals surface area contributed by atoms with Gasteiger partial charge in [0, 0.05) is 21.4 Å². The number of amidine groups is 1. The lowest BCUT2D eigenvalue weighted by Gasteiger charge is -2.01. The molecule has 5 nitrogen and oxygen atoms in total. The SMILES string of the molecule is Cc1ccc(SCCN=C(N)CSS(=O)(=O)O)cc1.